The van der Waals surface area contributed by atoms with E-state index < -0.39 is 0 Å². The van der Waals surface area contributed by atoms with E-state index in [2.05, 4.69) is 24.4 Å². The van der Waals surface area contributed by atoms with Crippen LogP contribution in [0, 0.1) is 5.82 Å². The molecule has 1 aliphatic heterocycles. The number of rotatable bonds is 2. The summed E-state index contributed by atoms with van der Waals surface area (Å²) in [6, 6.07) is 10.9. The van der Waals surface area contributed by atoms with Crippen LogP contribution < -0.4 is 11.1 Å². The Balaban J connectivity index is 0.000000194. The lowest BCUT2D eigenvalue weighted by atomic mass is 9.96. The second-order valence-electron chi connectivity index (χ2n) is 7.28. The maximum atomic E-state index is 13.1. The number of fused-ring (bicyclic) bond motifs is 2. The molecular formula is C22H27Cl2FN2O. The third kappa shape index (κ3) is 5.71. The van der Waals surface area contributed by atoms with Gasteiger partial charge in [-0.1, -0.05) is 24.6 Å². The van der Waals surface area contributed by atoms with Crippen LogP contribution >= 0.6 is 24.0 Å². The molecule has 0 amide bonds. The van der Waals surface area contributed by atoms with Crippen LogP contribution in [0.2, 0.25) is 5.02 Å². The van der Waals surface area contributed by atoms with Gasteiger partial charge in [-0.25, -0.2) is 4.39 Å². The lowest BCUT2D eigenvalue weighted by Gasteiger charge is -2.11. The van der Waals surface area contributed by atoms with E-state index in [9.17, 15) is 4.39 Å². The van der Waals surface area contributed by atoms with Crippen LogP contribution in [0.3, 0.4) is 0 Å². The van der Waals surface area contributed by atoms with E-state index in [-0.39, 0.29) is 24.3 Å². The molecule has 0 radical (unpaired) electrons. The second-order valence-corrected chi connectivity index (χ2v) is 7.72. The molecule has 6 heteroatoms. The number of hydrogen-bond acceptors (Lipinski definition) is 3. The molecule has 1 aromatic heterocycles. The quantitative estimate of drug-likeness (QED) is 0.572. The van der Waals surface area contributed by atoms with E-state index >= 15 is 0 Å². The number of nitrogens with two attached hydrogens (primary N) is 1. The van der Waals surface area contributed by atoms with Crippen molar-refractivity contribution < 1.29 is 8.81 Å². The van der Waals surface area contributed by atoms with Gasteiger partial charge >= 0.3 is 0 Å². The molecule has 2 atom stereocenters. The first-order valence-corrected chi connectivity index (χ1v) is 9.72. The van der Waals surface area contributed by atoms with Crippen LogP contribution in [0.5, 0.6) is 0 Å². The first-order valence-electron chi connectivity index (χ1n) is 9.34. The normalized spacial score (nSPS) is 17.0. The van der Waals surface area contributed by atoms with Crippen LogP contribution in [-0.2, 0) is 12.8 Å². The molecule has 152 valence electrons. The Morgan fingerprint density at radius 3 is 2.82 bits per heavy atom. The molecule has 0 bridgehead atoms. The van der Waals surface area contributed by atoms with E-state index in [0.717, 1.165) is 41.1 Å². The highest BCUT2D eigenvalue weighted by atomic mass is 35.5. The van der Waals surface area contributed by atoms with Gasteiger partial charge in [0.15, 0.2) is 0 Å². The van der Waals surface area contributed by atoms with E-state index in [4.69, 9.17) is 21.8 Å². The smallest absolute Gasteiger partial charge is 0.137 e. The predicted octanol–water partition coefficient (Wildman–Crippen LogP) is 5.47. The highest BCUT2D eigenvalue weighted by Gasteiger charge is 2.14. The summed E-state index contributed by atoms with van der Waals surface area (Å²) in [4.78, 5) is 0. The van der Waals surface area contributed by atoms with Gasteiger partial charge in [-0.05, 0) is 79.3 Å². The zero-order chi connectivity index (χ0) is 19.4. The van der Waals surface area contributed by atoms with E-state index in [1.54, 1.807) is 12.3 Å². The van der Waals surface area contributed by atoms with Crippen LogP contribution in [-0.4, -0.2) is 19.1 Å². The summed E-state index contributed by atoms with van der Waals surface area (Å²) in [5.41, 5.74) is 10.1. The predicted molar refractivity (Wildman–Crippen MR) is 117 cm³/mol. The summed E-state index contributed by atoms with van der Waals surface area (Å²) in [6.45, 7) is 6.28. The summed E-state index contributed by atoms with van der Waals surface area (Å²) >= 11 is 5.97. The van der Waals surface area contributed by atoms with Gasteiger partial charge in [-0.15, -0.1) is 12.4 Å². The average molecular weight is 425 g/mol. The monoisotopic (exact) mass is 424 g/mol. The molecule has 4 rings (SSSR count). The summed E-state index contributed by atoms with van der Waals surface area (Å²) in [5, 5.41) is 5.07. The number of nitrogens with one attached hydrogen (secondary N) is 1. The molecule has 0 fully saturated rings. The van der Waals surface area contributed by atoms with Crippen LogP contribution in [0.4, 0.5) is 4.39 Å². The molecule has 2 heterocycles. The molecule has 0 saturated carbocycles. The molecule has 0 aliphatic carbocycles. The van der Waals surface area contributed by atoms with Crippen molar-refractivity contribution in [2.24, 2.45) is 5.73 Å². The Morgan fingerprint density at radius 1 is 1.29 bits per heavy atom. The summed E-state index contributed by atoms with van der Waals surface area (Å²) in [7, 11) is 0. The van der Waals surface area contributed by atoms with Gasteiger partial charge < -0.3 is 15.5 Å². The zero-order valence-electron chi connectivity index (χ0n) is 16.2. The summed E-state index contributed by atoms with van der Waals surface area (Å²) in [5.74, 6) is 0.339. The van der Waals surface area contributed by atoms with Crippen molar-refractivity contribution in [3.63, 3.8) is 0 Å². The Kier molecular flexibility index (Phi) is 8.32. The highest BCUT2D eigenvalue weighted by Crippen LogP contribution is 2.25. The van der Waals surface area contributed by atoms with Gasteiger partial charge in [-0.2, -0.15) is 0 Å². The van der Waals surface area contributed by atoms with Gasteiger partial charge in [-0.3, -0.25) is 0 Å². The third-order valence-electron chi connectivity index (χ3n) is 4.80. The Hall–Kier alpha value is -1.59. The van der Waals surface area contributed by atoms with Crippen LogP contribution in [0.15, 0.2) is 47.1 Å². The molecule has 3 nitrogen and oxygen atoms in total. The van der Waals surface area contributed by atoms with Crippen molar-refractivity contribution in [1.29, 1.82) is 0 Å². The SMILES string of the molecule is C[C@H](N)Cc1cc(F)cc2ccoc12.C[C@H]1CNCCc2ccc(Cl)cc21.Cl. The van der Waals surface area contributed by atoms with Gasteiger partial charge in [0.2, 0.25) is 0 Å². The van der Waals surface area contributed by atoms with Crippen molar-refractivity contribution in [3.05, 3.63) is 70.2 Å². The maximum Gasteiger partial charge on any atom is 0.137 e. The highest BCUT2D eigenvalue weighted by molar-refractivity contribution is 6.30. The molecular weight excluding hydrogens is 398 g/mol. The van der Waals surface area contributed by atoms with Crippen LogP contribution in [0.1, 0.15) is 36.5 Å². The molecule has 3 N–H and O–H groups in total. The topological polar surface area (TPSA) is 51.2 Å². The van der Waals surface area contributed by atoms with Gasteiger partial charge in [0.25, 0.3) is 0 Å². The third-order valence-corrected chi connectivity index (χ3v) is 5.03. The molecule has 0 unspecified atom stereocenters. The van der Waals surface area contributed by atoms with Gasteiger partial charge in [0.1, 0.15) is 11.4 Å². The first kappa shape index (κ1) is 22.7. The Morgan fingerprint density at radius 2 is 2.07 bits per heavy atom. The van der Waals surface area contributed by atoms with Crippen molar-refractivity contribution in [2.45, 2.75) is 38.6 Å². The number of hydrogen-bond donors (Lipinski definition) is 2. The lowest BCUT2D eigenvalue weighted by Crippen LogP contribution is -2.18. The standard InChI is InChI=1S/C11H14ClN.C11H12FNO.ClH/c1-8-7-13-5-4-9-2-3-10(12)6-11(8)9;1-7(13)4-9-6-10(12)5-8-2-3-14-11(8)9;/h2-3,6,8,13H,4-5,7H2,1H3;2-3,5-7H,4,13H2,1H3;1H/t8-;7-;/m00./s1. The van der Waals surface area contributed by atoms with E-state index in [1.165, 1.54) is 23.3 Å². The van der Waals surface area contributed by atoms with Crippen LogP contribution in [0.25, 0.3) is 11.0 Å². The second kappa shape index (κ2) is 10.3. The van der Waals surface area contributed by atoms with Crippen molar-refractivity contribution in [3.8, 4) is 0 Å². The van der Waals surface area contributed by atoms with Crippen molar-refractivity contribution in [1.82, 2.24) is 5.32 Å². The van der Waals surface area contributed by atoms with Crippen molar-refractivity contribution >= 4 is 35.0 Å². The minimum Gasteiger partial charge on any atom is -0.464 e. The molecule has 0 saturated heterocycles. The molecule has 0 spiro atoms. The number of furan rings is 1. The molecule has 2 aromatic carbocycles. The number of halogens is 3. The number of benzene rings is 2. The minimum atomic E-state index is -0.241. The Labute approximate surface area is 176 Å². The van der Waals surface area contributed by atoms with E-state index in [1.807, 2.05) is 13.0 Å². The summed E-state index contributed by atoms with van der Waals surface area (Å²) < 4.78 is 18.4. The van der Waals surface area contributed by atoms with Gasteiger partial charge in [0.05, 0.1) is 6.26 Å². The molecule has 3 aromatic rings. The minimum absolute atomic E-state index is 0. The molecule has 1 aliphatic rings. The molecule has 28 heavy (non-hydrogen) atoms. The summed E-state index contributed by atoms with van der Waals surface area (Å²) in [6.07, 6.45) is 3.31. The first-order chi connectivity index (χ1) is 12.9. The van der Waals surface area contributed by atoms with E-state index in [0.29, 0.717) is 12.3 Å². The van der Waals surface area contributed by atoms with Crippen molar-refractivity contribution in [2.75, 3.05) is 13.1 Å². The lowest BCUT2D eigenvalue weighted by molar-refractivity contribution is 0.597. The largest absolute Gasteiger partial charge is 0.464 e. The fraction of sp³-hybridized carbons (Fsp3) is 0.364. The zero-order valence-corrected chi connectivity index (χ0v) is 17.7. The van der Waals surface area contributed by atoms with Gasteiger partial charge in [0, 0.05) is 23.0 Å². The Bertz CT molecular complexity index is 911. The fourth-order valence-electron chi connectivity index (χ4n) is 3.52. The fourth-order valence-corrected chi connectivity index (χ4v) is 3.70. The average Bonchev–Trinajstić information content (AvgIpc) is 3.00. The maximum absolute atomic E-state index is 13.1.